The van der Waals surface area contributed by atoms with Crippen molar-refractivity contribution in [2.45, 2.75) is 19.9 Å². The molecule has 6 nitrogen and oxygen atoms in total. The molecule has 0 amide bonds. The average Bonchev–Trinajstić information content (AvgIpc) is 2.02. The second-order valence-corrected chi connectivity index (χ2v) is 3.11. The van der Waals surface area contributed by atoms with Gasteiger partial charge in [0.15, 0.2) is 0 Å². The molecule has 0 aromatic carbocycles. The van der Waals surface area contributed by atoms with Gasteiger partial charge < -0.3 is 5.11 Å². The Bertz CT molecular complexity index is 469. The zero-order valence-electron chi connectivity index (χ0n) is 7.77. The highest BCUT2D eigenvalue weighted by molar-refractivity contribution is 5.86. The number of nitrogens with zero attached hydrogens (tertiary/aromatic N) is 1. The lowest BCUT2D eigenvalue weighted by atomic mass is 10.3. The maximum absolute atomic E-state index is 11.2. The van der Waals surface area contributed by atoms with Crippen LogP contribution in [0.25, 0.3) is 0 Å². The fourth-order valence-corrected chi connectivity index (χ4v) is 1.02. The first-order valence-electron chi connectivity index (χ1n) is 4.02. The van der Waals surface area contributed by atoms with Gasteiger partial charge in [-0.05, 0) is 13.8 Å². The second-order valence-electron chi connectivity index (χ2n) is 3.11. The summed E-state index contributed by atoms with van der Waals surface area (Å²) in [6.07, 6.45) is 1.05. The second kappa shape index (κ2) is 3.49. The largest absolute Gasteiger partial charge is 0.477 e. The predicted molar refractivity (Wildman–Crippen MR) is 48.7 cm³/mol. The Kier molecular flexibility index (Phi) is 2.55. The van der Waals surface area contributed by atoms with Crippen LogP contribution in [0.3, 0.4) is 0 Å². The van der Waals surface area contributed by atoms with Crippen LogP contribution in [0.1, 0.15) is 30.2 Å². The zero-order valence-corrected chi connectivity index (χ0v) is 7.77. The molecule has 1 aromatic rings. The van der Waals surface area contributed by atoms with E-state index in [0.717, 1.165) is 10.8 Å². The van der Waals surface area contributed by atoms with E-state index in [4.69, 9.17) is 5.11 Å². The molecule has 14 heavy (non-hydrogen) atoms. The van der Waals surface area contributed by atoms with E-state index in [1.165, 1.54) is 0 Å². The van der Waals surface area contributed by atoms with Crippen molar-refractivity contribution in [2.75, 3.05) is 0 Å². The van der Waals surface area contributed by atoms with Crippen LogP contribution in [0.2, 0.25) is 0 Å². The zero-order chi connectivity index (χ0) is 10.9. The summed E-state index contributed by atoms with van der Waals surface area (Å²) in [5, 5.41) is 8.63. The number of aromatic amines is 1. The Balaban J connectivity index is 3.51. The molecule has 0 saturated heterocycles. The van der Waals surface area contributed by atoms with Gasteiger partial charge in [-0.2, -0.15) is 0 Å². The Morgan fingerprint density at radius 2 is 2.07 bits per heavy atom. The molecular weight excluding hydrogens is 188 g/mol. The molecule has 0 spiro atoms. The van der Waals surface area contributed by atoms with E-state index in [1.54, 1.807) is 13.8 Å². The summed E-state index contributed by atoms with van der Waals surface area (Å²) >= 11 is 0. The summed E-state index contributed by atoms with van der Waals surface area (Å²) in [4.78, 5) is 34.7. The van der Waals surface area contributed by atoms with Crippen LogP contribution in [0.15, 0.2) is 15.8 Å². The summed E-state index contributed by atoms with van der Waals surface area (Å²) in [5.74, 6) is -1.35. The molecule has 1 aromatic heterocycles. The minimum Gasteiger partial charge on any atom is -0.477 e. The summed E-state index contributed by atoms with van der Waals surface area (Å²) in [6.45, 7) is 3.43. The quantitative estimate of drug-likeness (QED) is 0.689. The van der Waals surface area contributed by atoms with Gasteiger partial charge in [-0.3, -0.25) is 14.3 Å². The number of aromatic nitrogens is 2. The van der Waals surface area contributed by atoms with Crippen molar-refractivity contribution in [1.29, 1.82) is 0 Å². The summed E-state index contributed by atoms with van der Waals surface area (Å²) in [6, 6.07) is -0.197. The van der Waals surface area contributed by atoms with Gasteiger partial charge in [0.05, 0.1) is 0 Å². The molecule has 2 N–H and O–H groups in total. The SMILES string of the molecule is CC(C)n1cc(C(=O)O)c(=O)[nH]c1=O. The number of carboxylic acid groups (broad SMARTS) is 1. The third-order valence-corrected chi connectivity index (χ3v) is 1.75. The van der Waals surface area contributed by atoms with Crippen LogP contribution in [0, 0.1) is 0 Å². The fourth-order valence-electron chi connectivity index (χ4n) is 1.02. The van der Waals surface area contributed by atoms with Gasteiger partial charge in [0.25, 0.3) is 5.56 Å². The molecule has 0 unspecified atom stereocenters. The lowest BCUT2D eigenvalue weighted by molar-refractivity contribution is 0.0693. The lowest BCUT2D eigenvalue weighted by Crippen LogP contribution is -2.34. The van der Waals surface area contributed by atoms with Crippen molar-refractivity contribution in [1.82, 2.24) is 9.55 Å². The highest BCUT2D eigenvalue weighted by Crippen LogP contribution is 1.98. The van der Waals surface area contributed by atoms with Crippen molar-refractivity contribution < 1.29 is 9.90 Å². The van der Waals surface area contributed by atoms with Crippen LogP contribution in [0.5, 0.6) is 0 Å². The molecule has 0 atom stereocenters. The van der Waals surface area contributed by atoms with Crippen molar-refractivity contribution >= 4 is 5.97 Å². The maximum Gasteiger partial charge on any atom is 0.342 e. The van der Waals surface area contributed by atoms with Gasteiger partial charge in [0.2, 0.25) is 0 Å². The smallest absolute Gasteiger partial charge is 0.342 e. The first-order valence-corrected chi connectivity index (χ1v) is 4.02. The van der Waals surface area contributed by atoms with Crippen LogP contribution >= 0.6 is 0 Å². The number of carboxylic acids is 1. The number of hydrogen-bond acceptors (Lipinski definition) is 3. The number of H-pyrrole nitrogens is 1. The minimum absolute atomic E-state index is 0.197. The predicted octanol–water partition coefficient (Wildman–Crippen LogP) is -0.184. The van der Waals surface area contributed by atoms with E-state index in [2.05, 4.69) is 0 Å². The molecule has 1 rings (SSSR count). The molecule has 0 aliphatic carbocycles. The van der Waals surface area contributed by atoms with Crippen molar-refractivity contribution in [3.8, 4) is 0 Å². The van der Waals surface area contributed by atoms with Gasteiger partial charge >= 0.3 is 11.7 Å². The Labute approximate surface area is 78.8 Å². The number of carbonyl (C=O) groups is 1. The first-order chi connectivity index (χ1) is 6.43. The molecule has 0 aliphatic rings. The van der Waals surface area contributed by atoms with Gasteiger partial charge in [-0.25, -0.2) is 9.59 Å². The van der Waals surface area contributed by atoms with Crippen LogP contribution in [-0.4, -0.2) is 20.6 Å². The van der Waals surface area contributed by atoms with E-state index in [0.29, 0.717) is 0 Å². The fraction of sp³-hybridized carbons (Fsp3) is 0.375. The molecule has 0 saturated carbocycles. The van der Waals surface area contributed by atoms with Gasteiger partial charge in [-0.1, -0.05) is 0 Å². The van der Waals surface area contributed by atoms with Gasteiger partial charge in [0.1, 0.15) is 5.56 Å². The van der Waals surface area contributed by atoms with Crippen LogP contribution in [-0.2, 0) is 0 Å². The molecule has 0 fully saturated rings. The molecule has 76 valence electrons. The molecule has 0 radical (unpaired) electrons. The van der Waals surface area contributed by atoms with Gasteiger partial charge in [0, 0.05) is 12.2 Å². The standard InChI is InChI=1S/C8H10N2O4/c1-4(2)10-3-5(7(12)13)6(11)9-8(10)14/h3-4H,1-2H3,(H,12,13)(H,9,11,14). The number of nitrogens with one attached hydrogen (secondary N) is 1. The number of hydrogen-bond donors (Lipinski definition) is 2. The molecule has 0 aliphatic heterocycles. The lowest BCUT2D eigenvalue weighted by Gasteiger charge is -2.08. The summed E-state index contributed by atoms with van der Waals surface area (Å²) < 4.78 is 1.16. The third kappa shape index (κ3) is 1.73. The Morgan fingerprint density at radius 3 is 2.50 bits per heavy atom. The summed E-state index contributed by atoms with van der Waals surface area (Å²) in [7, 11) is 0. The van der Waals surface area contributed by atoms with E-state index in [9.17, 15) is 14.4 Å². The van der Waals surface area contributed by atoms with E-state index in [1.807, 2.05) is 4.98 Å². The van der Waals surface area contributed by atoms with Crippen molar-refractivity contribution in [2.24, 2.45) is 0 Å². The highest BCUT2D eigenvalue weighted by atomic mass is 16.4. The topological polar surface area (TPSA) is 92.2 Å². The molecular formula is C8H10N2O4. The van der Waals surface area contributed by atoms with Crippen molar-refractivity contribution in [3.05, 3.63) is 32.6 Å². The van der Waals surface area contributed by atoms with Crippen LogP contribution < -0.4 is 11.2 Å². The number of aromatic carboxylic acids is 1. The number of rotatable bonds is 2. The molecule has 6 heteroatoms. The van der Waals surface area contributed by atoms with Gasteiger partial charge in [-0.15, -0.1) is 0 Å². The van der Waals surface area contributed by atoms with E-state index < -0.39 is 22.8 Å². The first kappa shape index (κ1) is 10.2. The molecule has 0 bridgehead atoms. The molecule has 1 heterocycles. The Hall–Kier alpha value is -1.85. The van der Waals surface area contributed by atoms with Crippen LogP contribution in [0.4, 0.5) is 0 Å². The highest BCUT2D eigenvalue weighted by Gasteiger charge is 2.12. The normalized spacial score (nSPS) is 10.5. The third-order valence-electron chi connectivity index (χ3n) is 1.75. The average molecular weight is 198 g/mol. The minimum atomic E-state index is -1.35. The van der Waals surface area contributed by atoms with E-state index in [-0.39, 0.29) is 6.04 Å². The Morgan fingerprint density at radius 1 is 1.50 bits per heavy atom. The summed E-state index contributed by atoms with van der Waals surface area (Å²) in [5.41, 5.74) is -1.91. The van der Waals surface area contributed by atoms with E-state index >= 15 is 0 Å². The van der Waals surface area contributed by atoms with Crippen molar-refractivity contribution in [3.63, 3.8) is 0 Å². The maximum atomic E-state index is 11.2. The monoisotopic (exact) mass is 198 g/mol.